The molecule has 1 unspecified atom stereocenters. The first-order chi connectivity index (χ1) is 23.1. The molecule has 0 saturated carbocycles. The van der Waals surface area contributed by atoms with Crippen molar-refractivity contribution < 1.29 is 14.3 Å². The molecule has 0 fully saturated rings. The molecule has 1 atom stereocenters. The zero-order chi connectivity index (χ0) is 33.4. The van der Waals surface area contributed by atoms with Crippen LogP contribution in [-0.2, 0) is 11.2 Å². The first-order valence-corrected chi connectivity index (χ1v) is 19.2. The van der Waals surface area contributed by atoms with E-state index < -0.39 is 0 Å². The molecule has 3 aromatic rings. The number of benzene rings is 3. The highest BCUT2D eigenvalue weighted by Gasteiger charge is 2.10. The standard InChI is InChI=1S/C44H64O3/c1-4-6-8-10-12-13-14-15-16-17-18-19-21-23-38-24-26-42(27-25-38)44(45)47-43-34-32-41(33-35-43)40-30-28-39(29-31-40)37(3)46-36-22-20-11-9-7-5-2/h24-35,37H,4-23,36H2,1-3H3. The van der Waals surface area contributed by atoms with Crippen LogP contribution in [0, 0.1) is 0 Å². The van der Waals surface area contributed by atoms with Gasteiger partial charge >= 0.3 is 5.97 Å². The van der Waals surface area contributed by atoms with Gasteiger partial charge in [-0.3, -0.25) is 0 Å². The summed E-state index contributed by atoms with van der Waals surface area (Å²) in [5.41, 5.74) is 5.30. The molecule has 0 aliphatic heterocycles. The number of hydrogen-bond donors (Lipinski definition) is 0. The molecule has 3 aromatic carbocycles. The summed E-state index contributed by atoms with van der Waals surface area (Å²) in [6, 6.07) is 24.3. The summed E-state index contributed by atoms with van der Waals surface area (Å²) in [4.78, 5) is 12.8. The molecule has 3 heteroatoms. The van der Waals surface area contributed by atoms with Gasteiger partial charge in [-0.2, -0.15) is 0 Å². The lowest BCUT2D eigenvalue weighted by atomic mass is 10.0. The first kappa shape index (κ1) is 38.5. The van der Waals surface area contributed by atoms with Crippen molar-refractivity contribution in [3.8, 4) is 16.9 Å². The third kappa shape index (κ3) is 16.2. The van der Waals surface area contributed by atoms with E-state index in [9.17, 15) is 4.79 Å². The van der Waals surface area contributed by atoms with Crippen molar-refractivity contribution in [1.29, 1.82) is 0 Å². The molecule has 3 nitrogen and oxygen atoms in total. The van der Waals surface area contributed by atoms with Crippen LogP contribution in [0.25, 0.3) is 11.1 Å². The molecule has 0 radical (unpaired) electrons. The summed E-state index contributed by atoms with van der Waals surface area (Å²) in [6.07, 6.45) is 26.6. The van der Waals surface area contributed by atoms with E-state index in [2.05, 4.69) is 57.2 Å². The Balaban J connectivity index is 1.30. The smallest absolute Gasteiger partial charge is 0.343 e. The average molecular weight is 641 g/mol. The molecule has 47 heavy (non-hydrogen) atoms. The predicted molar refractivity (Wildman–Crippen MR) is 200 cm³/mol. The second-order valence-electron chi connectivity index (χ2n) is 13.5. The molecule has 0 amide bonds. The molecule has 0 aliphatic rings. The van der Waals surface area contributed by atoms with Crippen LogP contribution in [-0.4, -0.2) is 12.6 Å². The maximum atomic E-state index is 12.8. The molecule has 0 N–H and O–H groups in total. The van der Waals surface area contributed by atoms with E-state index in [0.29, 0.717) is 11.3 Å². The zero-order valence-electron chi connectivity index (χ0n) is 30.1. The topological polar surface area (TPSA) is 35.5 Å². The maximum absolute atomic E-state index is 12.8. The summed E-state index contributed by atoms with van der Waals surface area (Å²) in [5, 5.41) is 0. The van der Waals surface area contributed by atoms with Gasteiger partial charge in [0.2, 0.25) is 0 Å². The molecule has 0 spiro atoms. The molecule has 0 aliphatic carbocycles. The number of aryl methyl sites for hydroxylation is 1. The van der Waals surface area contributed by atoms with Gasteiger partial charge in [-0.1, -0.05) is 172 Å². The van der Waals surface area contributed by atoms with E-state index in [1.54, 1.807) is 0 Å². The average Bonchev–Trinajstić information content (AvgIpc) is 3.10. The van der Waals surface area contributed by atoms with Gasteiger partial charge in [-0.25, -0.2) is 4.79 Å². The zero-order valence-corrected chi connectivity index (χ0v) is 30.1. The third-order valence-electron chi connectivity index (χ3n) is 9.40. The predicted octanol–water partition coefficient (Wildman–Crippen LogP) is 13.6. The van der Waals surface area contributed by atoms with E-state index in [-0.39, 0.29) is 12.1 Å². The number of esters is 1. The normalized spacial score (nSPS) is 11.9. The van der Waals surface area contributed by atoms with Crippen molar-refractivity contribution >= 4 is 5.97 Å². The largest absolute Gasteiger partial charge is 0.423 e. The number of carbonyl (C=O) groups is 1. The molecule has 0 bridgehead atoms. The Kier molecular flexibility index (Phi) is 19.9. The van der Waals surface area contributed by atoms with Crippen LogP contribution in [0.1, 0.15) is 170 Å². The van der Waals surface area contributed by atoms with E-state index in [1.165, 1.54) is 127 Å². The highest BCUT2D eigenvalue weighted by atomic mass is 16.5. The van der Waals surface area contributed by atoms with Crippen LogP contribution in [0.3, 0.4) is 0 Å². The second kappa shape index (κ2) is 24.3. The van der Waals surface area contributed by atoms with Gasteiger partial charge in [-0.15, -0.1) is 0 Å². The molecular weight excluding hydrogens is 576 g/mol. The Morgan fingerprint density at radius 2 is 0.979 bits per heavy atom. The minimum atomic E-state index is -0.315. The quantitative estimate of drug-likeness (QED) is 0.0497. The van der Waals surface area contributed by atoms with Crippen molar-refractivity contribution in [2.24, 2.45) is 0 Å². The SMILES string of the molecule is CCCCCCCCCCCCCCCc1ccc(C(=O)Oc2ccc(-c3ccc(C(C)OCCCCCCCC)cc3)cc2)cc1. The fourth-order valence-electron chi connectivity index (χ4n) is 6.22. The molecule has 3 rings (SSSR count). The van der Waals surface area contributed by atoms with Crippen LogP contribution in [0.15, 0.2) is 72.8 Å². The van der Waals surface area contributed by atoms with Crippen LogP contribution < -0.4 is 4.74 Å². The van der Waals surface area contributed by atoms with Gasteiger partial charge in [-0.05, 0) is 72.7 Å². The first-order valence-electron chi connectivity index (χ1n) is 19.2. The van der Waals surface area contributed by atoms with Crippen LogP contribution in [0.4, 0.5) is 0 Å². The van der Waals surface area contributed by atoms with Gasteiger partial charge in [0.15, 0.2) is 0 Å². The molecule has 258 valence electrons. The lowest BCUT2D eigenvalue weighted by Crippen LogP contribution is -2.08. The summed E-state index contributed by atoms with van der Waals surface area (Å²) in [6.45, 7) is 7.48. The maximum Gasteiger partial charge on any atom is 0.343 e. The van der Waals surface area contributed by atoms with Crippen LogP contribution in [0.5, 0.6) is 5.75 Å². The van der Waals surface area contributed by atoms with Crippen molar-refractivity contribution in [2.75, 3.05) is 6.61 Å². The van der Waals surface area contributed by atoms with Gasteiger partial charge in [0, 0.05) is 6.61 Å². The van der Waals surface area contributed by atoms with Gasteiger partial charge in [0.25, 0.3) is 0 Å². The van der Waals surface area contributed by atoms with E-state index >= 15 is 0 Å². The Morgan fingerprint density at radius 3 is 1.49 bits per heavy atom. The van der Waals surface area contributed by atoms with Crippen molar-refractivity contribution in [2.45, 2.75) is 155 Å². The van der Waals surface area contributed by atoms with Crippen LogP contribution in [0.2, 0.25) is 0 Å². The number of hydrogen-bond acceptors (Lipinski definition) is 3. The van der Waals surface area contributed by atoms with E-state index in [4.69, 9.17) is 9.47 Å². The highest BCUT2D eigenvalue weighted by Crippen LogP contribution is 2.26. The van der Waals surface area contributed by atoms with Gasteiger partial charge < -0.3 is 9.47 Å². The Hall–Kier alpha value is -2.91. The van der Waals surface area contributed by atoms with Crippen LogP contribution >= 0.6 is 0 Å². The lowest BCUT2D eigenvalue weighted by Gasteiger charge is -2.14. The minimum absolute atomic E-state index is 0.0924. The molecule has 0 saturated heterocycles. The molecule has 0 aromatic heterocycles. The van der Waals surface area contributed by atoms with Crippen molar-refractivity contribution in [3.05, 3.63) is 89.5 Å². The summed E-state index contributed by atoms with van der Waals surface area (Å²) < 4.78 is 11.8. The lowest BCUT2D eigenvalue weighted by molar-refractivity contribution is 0.0627. The summed E-state index contributed by atoms with van der Waals surface area (Å²) >= 11 is 0. The Labute approximate surface area is 287 Å². The minimum Gasteiger partial charge on any atom is -0.423 e. The van der Waals surface area contributed by atoms with Gasteiger partial charge in [0.1, 0.15) is 5.75 Å². The second-order valence-corrected chi connectivity index (χ2v) is 13.5. The fourth-order valence-corrected chi connectivity index (χ4v) is 6.22. The highest BCUT2D eigenvalue weighted by molar-refractivity contribution is 5.91. The Morgan fingerprint density at radius 1 is 0.532 bits per heavy atom. The van der Waals surface area contributed by atoms with E-state index in [1.807, 2.05) is 36.4 Å². The van der Waals surface area contributed by atoms with Crippen molar-refractivity contribution in [3.63, 3.8) is 0 Å². The monoisotopic (exact) mass is 640 g/mol. The van der Waals surface area contributed by atoms with Gasteiger partial charge in [0.05, 0.1) is 11.7 Å². The summed E-state index contributed by atoms with van der Waals surface area (Å²) in [7, 11) is 0. The number of carbonyl (C=O) groups excluding carboxylic acids is 1. The van der Waals surface area contributed by atoms with E-state index in [0.717, 1.165) is 30.6 Å². The number of ether oxygens (including phenoxy) is 2. The Bertz CT molecular complexity index is 1200. The molecule has 0 heterocycles. The summed E-state index contributed by atoms with van der Waals surface area (Å²) in [5.74, 6) is 0.243. The number of rotatable bonds is 26. The fraction of sp³-hybridized carbons (Fsp3) is 0.568. The molecular formula is C44H64O3. The van der Waals surface area contributed by atoms with Crippen molar-refractivity contribution in [1.82, 2.24) is 0 Å². The third-order valence-corrected chi connectivity index (χ3v) is 9.40. The number of unbranched alkanes of at least 4 members (excludes halogenated alkanes) is 17.